The molecular formula is C11H15NO3S. The van der Waals surface area contributed by atoms with Crippen LogP contribution in [0.15, 0.2) is 24.3 Å². The first-order valence-electron chi connectivity index (χ1n) is 5.20. The molecule has 2 rings (SSSR count). The van der Waals surface area contributed by atoms with Gasteiger partial charge in [-0.25, -0.2) is 8.42 Å². The molecule has 0 spiro atoms. The molecule has 16 heavy (non-hydrogen) atoms. The van der Waals surface area contributed by atoms with Crippen LogP contribution in [0.2, 0.25) is 0 Å². The minimum Gasteiger partial charge on any atom is -0.497 e. The summed E-state index contributed by atoms with van der Waals surface area (Å²) in [4.78, 5) is 0. The van der Waals surface area contributed by atoms with Crippen molar-refractivity contribution in [2.45, 2.75) is 12.5 Å². The Labute approximate surface area is 95.5 Å². The fourth-order valence-corrected chi connectivity index (χ4v) is 3.51. The van der Waals surface area contributed by atoms with E-state index in [1.54, 1.807) is 7.11 Å². The number of methoxy groups -OCH3 is 1. The first-order valence-corrected chi connectivity index (χ1v) is 7.02. The summed E-state index contributed by atoms with van der Waals surface area (Å²) < 4.78 is 27.6. The Hall–Kier alpha value is -1.23. The minimum absolute atomic E-state index is 0.0402. The number of hydrogen-bond acceptors (Lipinski definition) is 4. The predicted molar refractivity (Wildman–Crippen MR) is 63.7 cm³/mol. The molecule has 1 aromatic rings. The third kappa shape index (κ3) is 2.66. The molecule has 1 N–H and O–H groups in total. The Kier molecular flexibility index (Phi) is 3.05. The minimum atomic E-state index is -2.82. The summed E-state index contributed by atoms with van der Waals surface area (Å²) in [5.41, 5.74) is 0.933. The van der Waals surface area contributed by atoms with Crippen molar-refractivity contribution in [3.8, 4) is 5.75 Å². The van der Waals surface area contributed by atoms with E-state index >= 15 is 0 Å². The average molecular weight is 241 g/mol. The largest absolute Gasteiger partial charge is 0.497 e. The van der Waals surface area contributed by atoms with Crippen LogP contribution in [-0.2, 0) is 9.84 Å². The molecule has 1 aromatic carbocycles. The number of anilines is 1. The van der Waals surface area contributed by atoms with Gasteiger partial charge in [0.1, 0.15) is 5.75 Å². The molecule has 0 amide bonds. The highest BCUT2D eigenvalue weighted by Gasteiger charge is 2.27. The van der Waals surface area contributed by atoms with Crippen LogP contribution < -0.4 is 10.1 Å². The van der Waals surface area contributed by atoms with E-state index in [-0.39, 0.29) is 11.8 Å². The Morgan fingerprint density at radius 1 is 1.31 bits per heavy atom. The molecule has 5 heteroatoms. The smallest absolute Gasteiger partial charge is 0.152 e. The number of hydrogen-bond donors (Lipinski definition) is 1. The summed E-state index contributed by atoms with van der Waals surface area (Å²) in [6, 6.07) is 7.53. The van der Waals surface area contributed by atoms with Crippen molar-refractivity contribution in [2.75, 3.05) is 23.9 Å². The van der Waals surface area contributed by atoms with Gasteiger partial charge in [0.05, 0.1) is 18.6 Å². The van der Waals surface area contributed by atoms with E-state index in [2.05, 4.69) is 5.32 Å². The molecule has 0 unspecified atom stereocenters. The maximum atomic E-state index is 11.3. The van der Waals surface area contributed by atoms with Gasteiger partial charge in [-0.05, 0) is 30.7 Å². The topological polar surface area (TPSA) is 55.4 Å². The van der Waals surface area contributed by atoms with Crippen LogP contribution in [0.5, 0.6) is 5.75 Å². The van der Waals surface area contributed by atoms with Crippen LogP contribution >= 0.6 is 0 Å². The molecule has 4 nitrogen and oxygen atoms in total. The van der Waals surface area contributed by atoms with Gasteiger partial charge in [0.25, 0.3) is 0 Å². The van der Waals surface area contributed by atoms with Gasteiger partial charge >= 0.3 is 0 Å². The van der Waals surface area contributed by atoms with Gasteiger partial charge in [0.2, 0.25) is 0 Å². The molecule has 1 saturated heterocycles. The molecule has 1 heterocycles. The van der Waals surface area contributed by atoms with Crippen molar-refractivity contribution in [3.05, 3.63) is 24.3 Å². The van der Waals surface area contributed by atoms with Gasteiger partial charge in [-0.3, -0.25) is 0 Å². The second-order valence-corrected chi connectivity index (χ2v) is 6.20. The monoisotopic (exact) mass is 241 g/mol. The summed E-state index contributed by atoms with van der Waals surface area (Å²) in [7, 11) is -1.20. The number of ether oxygens (including phenoxy) is 1. The normalized spacial score (nSPS) is 22.9. The predicted octanol–water partition coefficient (Wildman–Crippen LogP) is 1.29. The van der Waals surface area contributed by atoms with E-state index in [1.165, 1.54) is 0 Å². The van der Waals surface area contributed by atoms with Gasteiger partial charge in [-0.2, -0.15) is 0 Å². The summed E-state index contributed by atoms with van der Waals surface area (Å²) in [6.07, 6.45) is 0.689. The molecule has 0 saturated carbocycles. The van der Waals surface area contributed by atoms with E-state index < -0.39 is 9.84 Å². The highest BCUT2D eigenvalue weighted by atomic mass is 32.2. The molecule has 1 fully saturated rings. The van der Waals surface area contributed by atoms with Crippen LogP contribution in [-0.4, -0.2) is 33.1 Å². The Morgan fingerprint density at radius 2 is 2.00 bits per heavy atom. The zero-order chi connectivity index (χ0) is 11.6. The SMILES string of the molecule is COc1ccc(N[C@H]2CCS(=O)(=O)C2)cc1. The third-order valence-electron chi connectivity index (χ3n) is 2.69. The van der Waals surface area contributed by atoms with Crippen LogP contribution in [0.1, 0.15) is 6.42 Å². The molecule has 0 radical (unpaired) electrons. The van der Waals surface area contributed by atoms with Crippen molar-refractivity contribution in [3.63, 3.8) is 0 Å². The molecule has 1 atom stereocenters. The second-order valence-electron chi connectivity index (χ2n) is 3.97. The van der Waals surface area contributed by atoms with Crippen molar-refractivity contribution < 1.29 is 13.2 Å². The van der Waals surface area contributed by atoms with Gasteiger partial charge < -0.3 is 10.1 Å². The highest BCUT2D eigenvalue weighted by molar-refractivity contribution is 7.91. The summed E-state index contributed by atoms with van der Waals surface area (Å²) >= 11 is 0. The quantitative estimate of drug-likeness (QED) is 0.866. The first kappa shape index (κ1) is 11.3. The number of sulfone groups is 1. The summed E-state index contributed by atoms with van der Waals surface area (Å²) in [6.45, 7) is 0. The van der Waals surface area contributed by atoms with E-state index in [0.717, 1.165) is 11.4 Å². The number of nitrogens with one attached hydrogen (secondary N) is 1. The standard InChI is InChI=1S/C11H15NO3S/c1-15-11-4-2-9(3-5-11)12-10-6-7-16(13,14)8-10/h2-5,10,12H,6-8H2,1H3/t10-/m0/s1. The van der Waals surface area contributed by atoms with Crippen molar-refractivity contribution in [1.29, 1.82) is 0 Å². The fraction of sp³-hybridized carbons (Fsp3) is 0.455. The van der Waals surface area contributed by atoms with Gasteiger partial charge in [0.15, 0.2) is 9.84 Å². The van der Waals surface area contributed by atoms with Gasteiger partial charge in [0, 0.05) is 11.7 Å². The molecule has 0 aliphatic carbocycles. The molecule has 1 aliphatic rings. The highest BCUT2D eigenvalue weighted by Crippen LogP contribution is 2.19. The summed E-state index contributed by atoms with van der Waals surface area (Å²) in [5, 5.41) is 3.21. The lowest BCUT2D eigenvalue weighted by Gasteiger charge is -2.12. The fourth-order valence-electron chi connectivity index (χ4n) is 1.83. The molecule has 1 aliphatic heterocycles. The molecular weight excluding hydrogens is 226 g/mol. The van der Waals surface area contributed by atoms with Crippen LogP contribution in [0, 0.1) is 0 Å². The molecule has 0 bridgehead atoms. The zero-order valence-corrected chi connectivity index (χ0v) is 9.96. The van der Waals surface area contributed by atoms with E-state index in [4.69, 9.17) is 4.74 Å². The maximum Gasteiger partial charge on any atom is 0.152 e. The van der Waals surface area contributed by atoms with Gasteiger partial charge in [-0.15, -0.1) is 0 Å². The lowest BCUT2D eigenvalue weighted by Crippen LogP contribution is -2.20. The van der Waals surface area contributed by atoms with Crippen LogP contribution in [0.4, 0.5) is 5.69 Å². The second kappa shape index (κ2) is 4.33. The zero-order valence-electron chi connectivity index (χ0n) is 9.14. The molecule has 88 valence electrons. The van der Waals surface area contributed by atoms with Crippen molar-refractivity contribution in [1.82, 2.24) is 0 Å². The van der Waals surface area contributed by atoms with E-state index in [1.807, 2.05) is 24.3 Å². The average Bonchev–Trinajstić information content (AvgIpc) is 2.59. The Balaban J connectivity index is 1.99. The van der Waals surface area contributed by atoms with E-state index in [0.29, 0.717) is 12.2 Å². The van der Waals surface area contributed by atoms with Crippen molar-refractivity contribution in [2.24, 2.45) is 0 Å². The first-order chi connectivity index (χ1) is 7.59. The summed E-state index contributed by atoms with van der Waals surface area (Å²) in [5.74, 6) is 1.32. The van der Waals surface area contributed by atoms with Gasteiger partial charge in [-0.1, -0.05) is 0 Å². The van der Waals surface area contributed by atoms with E-state index in [9.17, 15) is 8.42 Å². The maximum absolute atomic E-state index is 11.3. The van der Waals surface area contributed by atoms with Crippen LogP contribution in [0.3, 0.4) is 0 Å². The molecule has 0 aromatic heterocycles. The van der Waals surface area contributed by atoms with Crippen LogP contribution in [0.25, 0.3) is 0 Å². The number of rotatable bonds is 3. The lowest BCUT2D eigenvalue weighted by atomic mass is 10.2. The van der Waals surface area contributed by atoms with Crippen molar-refractivity contribution >= 4 is 15.5 Å². The third-order valence-corrected chi connectivity index (χ3v) is 4.46. The lowest BCUT2D eigenvalue weighted by molar-refractivity contribution is 0.415. The Morgan fingerprint density at radius 3 is 2.50 bits per heavy atom. The Bertz CT molecular complexity index is 453. The number of benzene rings is 1.